The van der Waals surface area contributed by atoms with Gasteiger partial charge in [0.1, 0.15) is 10.6 Å². The van der Waals surface area contributed by atoms with Crippen LogP contribution in [0.2, 0.25) is 0 Å². The molecule has 0 radical (unpaired) electrons. The summed E-state index contributed by atoms with van der Waals surface area (Å²) in [4.78, 5) is 29.3. The smallest absolute Gasteiger partial charge is 0.416 e. The van der Waals surface area contributed by atoms with Crippen molar-refractivity contribution in [2.24, 2.45) is 0 Å². The van der Waals surface area contributed by atoms with E-state index in [1.807, 2.05) is 0 Å². The Morgan fingerprint density at radius 3 is 2.48 bits per heavy atom. The van der Waals surface area contributed by atoms with Crippen molar-refractivity contribution in [3.8, 4) is 16.9 Å². The third-order valence-electron chi connectivity index (χ3n) is 4.34. The SMILES string of the molecule is Cc1sc(CO)nc1-c1cc(C(=O)O)c(=O)n(-c2cccc(C(F)(F)F)c2)c1C. The molecule has 0 fully saturated rings. The van der Waals surface area contributed by atoms with Gasteiger partial charge < -0.3 is 10.2 Å². The van der Waals surface area contributed by atoms with E-state index < -0.39 is 28.8 Å². The highest BCUT2D eigenvalue weighted by atomic mass is 32.1. The van der Waals surface area contributed by atoms with Gasteiger partial charge in [-0.05, 0) is 38.1 Å². The van der Waals surface area contributed by atoms with Crippen LogP contribution in [0.25, 0.3) is 16.9 Å². The Kier molecular flexibility index (Phi) is 5.33. The molecule has 2 heterocycles. The minimum atomic E-state index is -4.62. The van der Waals surface area contributed by atoms with Gasteiger partial charge in [0.05, 0.1) is 17.9 Å². The number of nitrogens with zero attached hydrogens (tertiary/aromatic N) is 2. The lowest BCUT2D eigenvalue weighted by Crippen LogP contribution is -2.27. The van der Waals surface area contributed by atoms with Crippen LogP contribution in [0, 0.1) is 13.8 Å². The van der Waals surface area contributed by atoms with E-state index in [4.69, 9.17) is 0 Å². The third-order valence-corrected chi connectivity index (χ3v) is 5.30. The Labute approximate surface area is 166 Å². The molecule has 2 N–H and O–H groups in total. The summed E-state index contributed by atoms with van der Waals surface area (Å²) in [6.45, 7) is 2.90. The molecule has 2 aromatic heterocycles. The number of hydrogen-bond acceptors (Lipinski definition) is 5. The first-order chi connectivity index (χ1) is 13.5. The van der Waals surface area contributed by atoms with E-state index in [9.17, 15) is 33.0 Å². The molecule has 0 unspecified atom stereocenters. The summed E-state index contributed by atoms with van der Waals surface area (Å²) in [5, 5.41) is 19.2. The molecule has 0 bridgehead atoms. The minimum Gasteiger partial charge on any atom is -0.477 e. The number of carbonyl (C=O) groups is 1. The lowest BCUT2D eigenvalue weighted by atomic mass is 10.1. The molecule has 0 spiro atoms. The molecule has 3 rings (SSSR count). The van der Waals surface area contributed by atoms with E-state index in [2.05, 4.69) is 4.98 Å². The number of aliphatic hydroxyl groups is 1. The zero-order chi connectivity index (χ0) is 21.5. The lowest BCUT2D eigenvalue weighted by molar-refractivity contribution is -0.137. The zero-order valence-electron chi connectivity index (χ0n) is 15.2. The summed E-state index contributed by atoms with van der Waals surface area (Å²) in [6.07, 6.45) is -4.62. The van der Waals surface area contributed by atoms with Gasteiger partial charge in [-0.2, -0.15) is 13.2 Å². The van der Waals surface area contributed by atoms with E-state index in [0.717, 1.165) is 28.8 Å². The Morgan fingerprint density at radius 2 is 1.93 bits per heavy atom. The van der Waals surface area contributed by atoms with Gasteiger partial charge in [0.25, 0.3) is 5.56 Å². The van der Waals surface area contributed by atoms with E-state index in [1.165, 1.54) is 24.3 Å². The normalized spacial score (nSPS) is 11.7. The molecule has 152 valence electrons. The molecule has 10 heteroatoms. The maximum Gasteiger partial charge on any atom is 0.416 e. The number of aromatic nitrogens is 2. The Morgan fingerprint density at radius 1 is 1.24 bits per heavy atom. The molecular formula is C19H15F3N2O4S. The second kappa shape index (κ2) is 7.45. The van der Waals surface area contributed by atoms with Gasteiger partial charge in [-0.1, -0.05) is 6.07 Å². The fourth-order valence-corrected chi connectivity index (χ4v) is 3.80. The number of aliphatic hydroxyl groups excluding tert-OH is 1. The van der Waals surface area contributed by atoms with E-state index in [1.54, 1.807) is 6.92 Å². The Hall–Kier alpha value is -2.98. The van der Waals surface area contributed by atoms with Gasteiger partial charge in [-0.15, -0.1) is 11.3 Å². The Bertz CT molecular complexity index is 1170. The topological polar surface area (TPSA) is 92.4 Å². The predicted octanol–water partition coefficient (Wildman–Crippen LogP) is 3.79. The summed E-state index contributed by atoms with van der Waals surface area (Å²) < 4.78 is 40.3. The molecule has 29 heavy (non-hydrogen) atoms. The highest BCUT2D eigenvalue weighted by molar-refractivity contribution is 7.12. The maximum absolute atomic E-state index is 13.1. The van der Waals surface area contributed by atoms with Crippen LogP contribution < -0.4 is 5.56 Å². The number of thiazole rings is 1. The van der Waals surface area contributed by atoms with Crippen molar-refractivity contribution in [3.63, 3.8) is 0 Å². The fraction of sp³-hybridized carbons (Fsp3) is 0.211. The molecule has 0 atom stereocenters. The number of halogens is 3. The number of benzene rings is 1. The molecule has 0 saturated heterocycles. The second-order valence-electron chi connectivity index (χ2n) is 6.22. The van der Waals surface area contributed by atoms with E-state index >= 15 is 0 Å². The van der Waals surface area contributed by atoms with Crippen LogP contribution in [0.1, 0.15) is 31.5 Å². The first kappa shape index (κ1) is 20.7. The number of aryl methyl sites for hydroxylation is 1. The highest BCUT2D eigenvalue weighted by Gasteiger charge is 2.31. The monoisotopic (exact) mass is 424 g/mol. The molecule has 0 amide bonds. The van der Waals surface area contributed by atoms with Crippen molar-refractivity contribution in [2.45, 2.75) is 26.6 Å². The van der Waals surface area contributed by atoms with Gasteiger partial charge >= 0.3 is 12.1 Å². The maximum atomic E-state index is 13.1. The number of pyridine rings is 1. The van der Waals surface area contributed by atoms with Crippen molar-refractivity contribution in [1.82, 2.24) is 9.55 Å². The molecule has 0 aliphatic carbocycles. The summed E-state index contributed by atoms with van der Waals surface area (Å²) in [6, 6.07) is 5.26. The average Bonchev–Trinajstić information content (AvgIpc) is 3.02. The van der Waals surface area contributed by atoms with Crippen LogP contribution in [0.15, 0.2) is 35.1 Å². The van der Waals surface area contributed by atoms with Crippen LogP contribution in [0.4, 0.5) is 13.2 Å². The zero-order valence-corrected chi connectivity index (χ0v) is 16.1. The third kappa shape index (κ3) is 3.81. The summed E-state index contributed by atoms with van der Waals surface area (Å²) in [5.41, 5.74) is -1.74. The van der Waals surface area contributed by atoms with Crippen molar-refractivity contribution in [3.05, 3.63) is 67.4 Å². The van der Waals surface area contributed by atoms with Crippen molar-refractivity contribution in [1.29, 1.82) is 0 Å². The average molecular weight is 424 g/mol. The minimum absolute atomic E-state index is 0.109. The van der Waals surface area contributed by atoms with Crippen molar-refractivity contribution < 1.29 is 28.2 Å². The van der Waals surface area contributed by atoms with Crippen molar-refractivity contribution in [2.75, 3.05) is 0 Å². The predicted molar refractivity (Wildman–Crippen MR) is 101 cm³/mol. The number of carboxylic acids is 1. The van der Waals surface area contributed by atoms with Crippen LogP contribution >= 0.6 is 11.3 Å². The van der Waals surface area contributed by atoms with Gasteiger partial charge in [0.2, 0.25) is 0 Å². The number of carboxylic acid groups (broad SMARTS) is 1. The standard InChI is InChI=1S/C19H15F3N2O4S/c1-9-13(16-10(2)29-15(8-25)23-16)7-14(18(27)28)17(26)24(9)12-5-3-4-11(6-12)19(20,21)22/h3-7,25H,8H2,1-2H3,(H,27,28). The van der Waals surface area contributed by atoms with Crippen LogP contribution in [-0.4, -0.2) is 25.7 Å². The highest BCUT2D eigenvalue weighted by Crippen LogP contribution is 2.33. The molecule has 3 aromatic rings. The molecule has 0 aliphatic heterocycles. The lowest BCUT2D eigenvalue weighted by Gasteiger charge is -2.16. The van der Waals surface area contributed by atoms with Crippen LogP contribution in [0.3, 0.4) is 0 Å². The summed E-state index contributed by atoms with van der Waals surface area (Å²) in [7, 11) is 0. The molecule has 1 aromatic carbocycles. The van der Waals surface area contributed by atoms with Gasteiger partial charge in [0, 0.05) is 21.8 Å². The van der Waals surface area contributed by atoms with E-state index in [0.29, 0.717) is 15.6 Å². The van der Waals surface area contributed by atoms with Crippen LogP contribution in [-0.2, 0) is 12.8 Å². The Balaban J connectivity index is 2.36. The summed E-state index contributed by atoms with van der Waals surface area (Å²) in [5.74, 6) is -1.51. The first-order valence-corrected chi connectivity index (χ1v) is 9.11. The molecule has 0 saturated carbocycles. The number of aromatic carboxylic acids is 1. The van der Waals surface area contributed by atoms with Gasteiger partial charge in [-0.25, -0.2) is 9.78 Å². The number of hydrogen-bond donors (Lipinski definition) is 2. The first-order valence-electron chi connectivity index (χ1n) is 8.29. The fourth-order valence-electron chi connectivity index (χ4n) is 3.00. The second-order valence-corrected chi connectivity index (χ2v) is 7.51. The largest absolute Gasteiger partial charge is 0.477 e. The van der Waals surface area contributed by atoms with Crippen molar-refractivity contribution >= 4 is 17.3 Å². The molecule has 0 aliphatic rings. The van der Waals surface area contributed by atoms with Crippen LogP contribution in [0.5, 0.6) is 0 Å². The number of rotatable bonds is 4. The molecular weight excluding hydrogens is 409 g/mol. The van der Waals surface area contributed by atoms with Gasteiger partial charge in [0.15, 0.2) is 0 Å². The van der Waals surface area contributed by atoms with Gasteiger partial charge in [-0.3, -0.25) is 9.36 Å². The van der Waals surface area contributed by atoms with E-state index in [-0.39, 0.29) is 23.6 Å². The summed E-state index contributed by atoms with van der Waals surface area (Å²) >= 11 is 1.20. The quantitative estimate of drug-likeness (QED) is 0.665. The molecule has 6 nitrogen and oxygen atoms in total. The number of alkyl halides is 3.